The van der Waals surface area contributed by atoms with E-state index in [4.69, 9.17) is 16.3 Å². The number of fused-ring (bicyclic) bond motifs is 1. The molecular weight excluding hydrogens is 230 g/mol. The van der Waals surface area contributed by atoms with Crippen LogP contribution in [0.1, 0.15) is 5.56 Å². The maximum Gasteiger partial charge on any atom is 0.229 e. The summed E-state index contributed by atoms with van der Waals surface area (Å²) in [6, 6.07) is 5.40. The zero-order valence-corrected chi connectivity index (χ0v) is 9.33. The number of hydrogen-bond acceptors (Lipinski definition) is 3. The van der Waals surface area contributed by atoms with Crippen LogP contribution in [0.3, 0.4) is 0 Å². The number of ether oxygens (including phenoxy) is 1. The molecule has 0 bridgehead atoms. The van der Waals surface area contributed by atoms with E-state index in [-0.39, 0.29) is 18.4 Å². The molecule has 5 heteroatoms. The van der Waals surface area contributed by atoms with Gasteiger partial charge in [-0.15, -0.1) is 11.6 Å². The van der Waals surface area contributed by atoms with Gasteiger partial charge >= 0.3 is 0 Å². The molecular formula is C11H12ClNO3. The maximum absolute atomic E-state index is 11.2. The van der Waals surface area contributed by atoms with Gasteiger partial charge in [-0.3, -0.25) is 4.79 Å². The van der Waals surface area contributed by atoms with Gasteiger partial charge in [0, 0.05) is 11.3 Å². The molecule has 0 saturated heterocycles. The Hall–Kier alpha value is -1.26. The van der Waals surface area contributed by atoms with Gasteiger partial charge in [-0.05, 0) is 12.1 Å². The van der Waals surface area contributed by atoms with Gasteiger partial charge in [0.2, 0.25) is 5.91 Å². The fraction of sp³-hybridized carbons (Fsp3) is 0.364. The van der Waals surface area contributed by atoms with Crippen molar-refractivity contribution in [3.05, 3.63) is 23.8 Å². The lowest BCUT2D eigenvalue weighted by atomic mass is 10.1. The molecule has 1 aliphatic rings. The molecule has 16 heavy (non-hydrogen) atoms. The van der Waals surface area contributed by atoms with Crippen LogP contribution in [0.4, 0.5) is 5.69 Å². The highest BCUT2D eigenvalue weighted by Crippen LogP contribution is 2.31. The van der Waals surface area contributed by atoms with Crippen molar-refractivity contribution in [3.8, 4) is 5.75 Å². The van der Waals surface area contributed by atoms with E-state index in [0.29, 0.717) is 12.2 Å². The SMILES string of the molecule is O=C1Cc2c(cccc2OCC(O)CCl)N1. The first-order valence-electron chi connectivity index (χ1n) is 4.99. The van der Waals surface area contributed by atoms with Crippen molar-refractivity contribution in [1.29, 1.82) is 0 Å². The monoisotopic (exact) mass is 241 g/mol. The number of nitrogens with one attached hydrogen (secondary N) is 1. The molecule has 4 nitrogen and oxygen atoms in total. The second kappa shape index (κ2) is 4.72. The Morgan fingerprint density at radius 2 is 2.38 bits per heavy atom. The van der Waals surface area contributed by atoms with Crippen molar-refractivity contribution in [2.45, 2.75) is 12.5 Å². The molecule has 2 rings (SSSR count). The van der Waals surface area contributed by atoms with Gasteiger partial charge in [0.1, 0.15) is 18.5 Å². The third-order valence-electron chi connectivity index (χ3n) is 2.35. The molecule has 1 aromatic carbocycles. The molecule has 1 amide bonds. The number of carbonyl (C=O) groups excluding carboxylic acids is 1. The first-order chi connectivity index (χ1) is 7.70. The number of benzene rings is 1. The van der Waals surface area contributed by atoms with Gasteiger partial charge in [0.05, 0.1) is 12.3 Å². The average Bonchev–Trinajstić information content (AvgIpc) is 2.66. The van der Waals surface area contributed by atoms with Gasteiger partial charge in [0.25, 0.3) is 0 Å². The van der Waals surface area contributed by atoms with Gasteiger partial charge < -0.3 is 15.2 Å². The zero-order valence-electron chi connectivity index (χ0n) is 8.57. The number of rotatable bonds is 4. The van der Waals surface area contributed by atoms with E-state index in [2.05, 4.69) is 5.32 Å². The summed E-state index contributed by atoms with van der Waals surface area (Å²) in [7, 11) is 0. The van der Waals surface area contributed by atoms with Gasteiger partial charge in [0.15, 0.2) is 0 Å². The highest BCUT2D eigenvalue weighted by Gasteiger charge is 2.21. The summed E-state index contributed by atoms with van der Waals surface area (Å²) < 4.78 is 5.42. The van der Waals surface area contributed by atoms with Crippen LogP contribution < -0.4 is 10.1 Å². The fourth-order valence-corrected chi connectivity index (χ4v) is 1.67. The standard InChI is InChI=1S/C11H12ClNO3/c12-5-7(14)6-16-10-3-1-2-9-8(10)4-11(15)13-9/h1-3,7,14H,4-6H2,(H,13,15). The average molecular weight is 242 g/mol. The molecule has 0 fully saturated rings. The Kier molecular flexibility index (Phi) is 3.31. The summed E-state index contributed by atoms with van der Waals surface area (Å²) in [5, 5.41) is 12.0. The molecule has 0 aliphatic carbocycles. The van der Waals surface area contributed by atoms with E-state index in [9.17, 15) is 9.90 Å². The molecule has 1 atom stereocenters. The van der Waals surface area contributed by atoms with E-state index in [1.54, 1.807) is 12.1 Å². The second-order valence-electron chi connectivity index (χ2n) is 3.63. The number of anilines is 1. The van der Waals surface area contributed by atoms with Crippen LogP contribution in [0.5, 0.6) is 5.75 Å². The van der Waals surface area contributed by atoms with E-state index in [1.807, 2.05) is 6.07 Å². The van der Waals surface area contributed by atoms with Crippen LogP contribution >= 0.6 is 11.6 Å². The highest BCUT2D eigenvalue weighted by molar-refractivity contribution is 6.18. The van der Waals surface area contributed by atoms with E-state index in [0.717, 1.165) is 11.3 Å². The van der Waals surface area contributed by atoms with Crippen LogP contribution in [-0.4, -0.2) is 29.6 Å². The van der Waals surface area contributed by atoms with Crippen molar-refractivity contribution < 1.29 is 14.6 Å². The minimum atomic E-state index is -0.692. The quantitative estimate of drug-likeness (QED) is 0.778. The van der Waals surface area contributed by atoms with Crippen molar-refractivity contribution in [2.24, 2.45) is 0 Å². The number of alkyl halides is 1. The first kappa shape index (κ1) is 11.2. The van der Waals surface area contributed by atoms with Crippen molar-refractivity contribution in [3.63, 3.8) is 0 Å². The molecule has 0 spiro atoms. The summed E-state index contributed by atoms with van der Waals surface area (Å²) in [6.07, 6.45) is -0.370. The summed E-state index contributed by atoms with van der Waals surface area (Å²) in [4.78, 5) is 11.2. The van der Waals surface area contributed by atoms with E-state index < -0.39 is 6.10 Å². The minimum absolute atomic E-state index is 0.0380. The lowest BCUT2D eigenvalue weighted by Gasteiger charge is -2.12. The number of amides is 1. The summed E-state index contributed by atoms with van der Waals surface area (Å²) in [5.74, 6) is 0.718. The molecule has 0 saturated carbocycles. The van der Waals surface area contributed by atoms with Crippen LogP contribution in [-0.2, 0) is 11.2 Å². The van der Waals surface area contributed by atoms with Crippen LogP contribution in [0.2, 0.25) is 0 Å². The summed E-state index contributed by atoms with van der Waals surface area (Å²) in [6.45, 7) is 0.133. The highest BCUT2D eigenvalue weighted by atomic mass is 35.5. The third kappa shape index (κ3) is 2.28. The zero-order chi connectivity index (χ0) is 11.5. The predicted octanol–water partition coefficient (Wildman–Crippen LogP) is 1.16. The second-order valence-corrected chi connectivity index (χ2v) is 3.93. The van der Waals surface area contributed by atoms with Crippen LogP contribution in [0, 0.1) is 0 Å². The molecule has 1 aliphatic heterocycles. The topological polar surface area (TPSA) is 58.6 Å². The molecule has 0 radical (unpaired) electrons. The lowest BCUT2D eigenvalue weighted by Crippen LogP contribution is -2.19. The number of aliphatic hydroxyl groups excluding tert-OH is 1. The molecule has 86 valence electrons. The molecule has 1 aromatic rings. The molecule has 1 heterocycles. The van der Waals surface area contributed by atoms with E-state index in [1.165, 1.54) is 0 Å². The van der Waals surface area contributed by atoms with Crippen LogP contribution in [0.15, 0.2) is 18.2 Å². The Morgan fingerprint density at radius 3 is 3.12 bits per heavy atom. The smallest absolute Gasteiger partial charge is 0.229 e. The van der Waals surface area contributed by atoms with Gasteiger partial charge in [-0.2, -0.15) is 0 Å². The Labute approximate surface area is 98.2 Å². The van der Waals surface area contributed by atoms with Crippen molar-refractivity contribution >= 4 is 23.2 Å². The number of halogens is 1. The predicted molar refractivity (Wildman–Crippen MR) is 61.0 cm³/mol. The number of hydrogen-bond donors (Lipinski definition) is 2. The fourth-order valence-electron chi connectivity index (χ4n) is 1.59. The number of carbonyl (C=O) groups is 1. The summed E-state index contributed by atoms with van der Waals surface area (Å²) in [5.41, 5.74) is 1.62. The maximum atomic E-state index is 11.2. The summed E-state index contributed by atoms with van der Waals surface area (Å²) >= 11 is 5.46. The number of aliphatic hydroxyl groups is 1. The Balaban J connectivity index is 2.11. The third-order valence-corrected chi connectivity index (χ3v) is 2.71. The molecule has 1 unspecified atom stereocenters. The van der Waals surface area contributed by atoms with Gasteiger partial charge in [-0.25, -0.2) is 0 Å². The van der Waals surface area contributed by atoms with Crippen LogP contribution in [0.25, 0.3) is 0 Å². The van der Waals surface area contributed by atoms with Crippen molar-refractivity contribution in [1.82, 2.24) is 0 Å². The lowest BCUT2D eigenvalue weighted by molar-refractivity contribution is -0.115. The normalized spacial score (nSPS) is 15.5. The Morgan fingerprint density at radius 1 is 1.56 bits per heavy atom. The Bertz CT molecular complexity index is 408. The van der Waals surface area contributed by atoms with E-state index >= 15 is 0 Å². The molecule has 0 aromatic heterocycles. The van der Waals surface area contributed by atoms with Crippen molar-refractivity contribution in [2.75, 3.05) is 17.8 Å². The minimum Gasteiger partial charge on any atom is -0.490 e. The molecule has 2 N–H and O–H groups in total. The first-order valence-corrected chi connectivity index (χ1v) is 5.52. The van der Waals surface area contributed by atoms with Gasteiger partial charge in [-0.1, -0.05) is 6.07 Å². The largest absolute Gasteiger partial charge is 0.490 e.